The molecule has 2 unspecified atom stereocenters. The molecule has 1 aromatic heterocycles. The number of aliphatic hydroxyl groups excluding tert-OH is 2. The monoisotopic (exact) mass is 298 g/mol. The zero-order valence-electron chi connectivity index (χ0n) is 12.7. The first-order valence-corrected chi connectivity index (χ1v) is 6.55. The summed E-state index contributed by atoms with van der Waals surface area (Å²) in [5.74, 6) is 0.471. The van der Waals surface area contributed by atoms with Crippen LogP contribution in [0.15, 0.2) is 18.5 Å². The number of hydrogen-bond acceptors (Lipinski definition) is 6. The van der Waals surface area contributed by atoms with Gasteiger partial charge >= 0.3 is 6.09 Å². The van der Waals surface area contributed by atoms with Crippen LogP contribution in [0.4, 0.5) is 4.79 Å². The number of aliphatic hydroxyl groups is 2. The Bertz CT molecular complexity index is 473. The van der Waals surface area contributed by atoms with E-state index in [4.69, 9.17) is 9.47 Å². The normalized spacial score (nSPS) is 14.2. The maximum atomic E-state index is 11.5. The largest absolute Gasteiger partial charge is 0.495 e. The number of amides is 1. The first kappa shape index (κ1) is 17.2. The summed E-state index contributed by atoms with van der Waals surface area (Å²) < 4.78 is 10.0. The Labute approximate surface area is 123 Å². The average Bonchev–Trinajstić information content (AvgIpc) is 2.42. The van der Waals surface area contributed by atoms with Gasteiger partial charge in [-0.05, 0) is 26.8 Å². The molecule has 0 spiro atoms. The Balaban J connectivity index is 2.54. The van der Waals surface area contributed by atoms with E-state index >= 15 is 0 Å². The molecule has 118 valence electrons. The Morgan fingerprint density at radius 2 is 2.05 bits per heavy atom. The van der Waals surface area contributed by atoms with Gasteiger partial charge in [-0.2, -0.15) is 0 Å². The lowest BCUT2D eigenvalue weighted by Gasteiger charge is -2.22. The fourth-order valence-corrected chi connectivity index (χ4v) is 1.54. The van der Waals surface area contributed by atoms with E-state index in [1.54, 1.807) is 26.8 Å². The summed E-state index contributed by atoms with van der Waals surface area (Å²) in [7, 11) is 1.48. The Hall–Kier alpha value is -1.86. The van der Waals surface area contributed by atoms with Gasteiger partial charge in [0.1, 0.15) is 23.6 Å². The molecule has 7 nitrogen and oxygen atoms in total. The first-order chi connectivity index (χ1) is 9.73. The number of nitrogens with one attached hydrogen (secondary N) is 1. The van der Waals surface area contributed by atoms with E-state index < -0.39 is 23.9 Å². The molecule has 0 bridgehead atoms. The van der Waals surface area contributed by atoms with Gasteiger partial charge in [0, 0.05) is 18.3 Å². The van der Waals surface area contributed by atoms with E-state index in [1.165, 1.54) is 19.5 Å². The van der Waals surface area contributed by atoms with Crippen molar-refractivity contribution in [1.82, 2.24) is 10.3 Å². The number of ether oxygens (including phenoxy) is 2. The highest BCUT2D eigenvalue weighted by atomic mass is 16.6. The summed E-state index contributed by atoms with van der Waals surface area (Å²) in [5, 5.41) is 22.3. The van der Waals surface area contributed by atoms with E-state index in [0.29, 0.717) is 11.3 Å². The fourth-order valence-electron chi connectivity index (χ4n) is 1.54. The van der Waals surface area contributed by atoms with Crippen molar-refractivity contribution in [3.8, 4) is 5.75 Å². The number of pyridine rings is 1. The molecule has 0 saturated carbocycles. The van der Waals surface area contributed by atoms with Gasteiger partial charge in [0.2, 0.25) is 0 Å². The number of rotatable bonds is 5. The highest BCUT2D eigenvalue weighted by Crippen LogP contribution is 2.20. The molecule has 1 rings (SSSR count). The van der Waals surface area contributed by atoms with Gasteiger partial charge in [-0.15, -0.1) is 0 Å². The molecule has 1 amide bonds. The lowest BCUT2D eigenvalue weighted by molar-refractivity contribution is 0.0127. The topological polar surface area (TPSA) is 101 Å². The first-order valence-electron chi connectivity index (χ1n) is 6.55. The van der Waals surface area contributed by atoms with Gasteiger partial charge in [-0.25, -0.2) is 4.79 Å². The van der Waals surface area contributed by atoms with Crippen LogP contribution < -0.4 is 10.1 Å². The Morgan fingerprint density at radius 3 is 2.62 bits per heavy atom. The third-order valence-corrected chi connectivity index (χ3v) is 2.53. The molecular weight excluding hydrogens is 276 g/mol. The molecule has 0 radical (unpaired) electrons. The van der Waals surface area contributed by atoms with Crippen molar-refractivity contribution in [2.45, 2.75) is 38.6 Å². The number of nitrogens with zero attached hydrogens (tertiary/aromatic N) is 1. The van der Waals surface area contributed by atoms with Crippen molar-refractivity contribution >= 4 is 6.09 Å². The van der Waals surface area contributed by atoms with Crippen LogP contribution >= 0.6 is 0 Å². The second kappa shape index (κ2) is 7.24. The summed E-state index contributed by atoms with van der Waals surface area (Å²) in [6, 6.07) is 1.56. The molecule has 0 aliphatic rings. The van der Waals surface area contributed by atoms with Crippen LogP contribution in [0.2, 0.25) is 0 Å². The number of carbonyl (C=O) groups excluding carboxylic acids is 1. The van der Waals surface area contributed by atoms with Crippen LogP contribution in [-0.4, -0.2) is 46.6 Å². The maximum absolute atomic E-state index is 11.5. The maximum Gasteiger partial charge on any atom is 0.407 e. The van der Waals surface area contributed by atoms with Gasteiger partial charge in [0.05, 0.1) is 13.3 Å². The minimum atomic E-state index is -1.19. The summed E-state index contributed by atoms with van der Waals surface area (Å²) in [4.78, 5) is 15.4. The van der Waals surface area contributed by atoms with Gasteiger partial charge in [-0.1, -0.05) is 0 Å². The van der Waals surface area contributed by atoms with Crippen LogP contribution in [-0.2, 0) is 4.74 Å². The van der Waals surface area contributed by atoms with Crippen LogP contribution in [0.5, 0.6) is 5.75 Å². The standard InChI is InChI=1S/C14H22N2O5/c1-14(2,3)21-13(19)16-8-11(17)12(18)9-5-10(20-4)7-15-6-9/h5-7,11-12,17-18H,8H2,1-4H3,(H,16,19). The van der Waals surface area contributed by atoms with Crippen molar-refractivity contribution in [3.05, 3.63) is 24.0 Å². The zero-order valence-corrected chi connectivity index (χ0v) is 12.7. The third kappa shape index (κ3) is 5.97. The summed E-state index contributed by atoms with van der Waals surface area (Å²) in [6.07, 6.45) is -0.128. The average molecular weight is 298 g/mol. The molecule has 0 aromatic carbocycles. The van der Waals surface area contributed by atoms with E-state index in [9.17, 15) is 15.0 Å². The molecule has 2 atom stereocenters. The lowest BCUT2D eigenvalue weighted by Crippen LogP contribution is -2.38. The quantitative estimate of drug-likeness (QED) is 0.750. The van der Waals surface area contributed by atoms with Crippen LogP contribution in [0.25, 0.3) is 0 Å². The minimum absolute atomic E-state index is 0.146. The number of aromatic nitrogens is 1. The fraction of sp³-hybridized carbons (Fsp3) is 0.571. The van der Waals surface area contributed by atoms with E-state index in [-0.39, 0.29) is 6.54 Å². The van der Waals surface area contributed by atoms with Gasteiger partial charge < -0.3 is 25.0 Å². The summed E-state index contributed by atoms with van der Waals surface area (Å²) in [5.41, 5.74) is -0.225. The predicted octanol–water partition coefficient (Wildman–Crippen LogP) is 1.01. The van der Waals surface area contributed by atoms with Crippen molar-refractivity contribution in [1.29, 1.82) is 0 Å². The predicted molar refractivity (Wildman–Crippen MR) is 76.0 cm³/mol. The molecule has 0 fully saturated rings. The van der Waals surface area contributed by atoms with Crippen LogP contribution in [0.1, 0.15) is 32.4 Å². The number of alkyl carbamates (subject to hydrolysis) is 1. The highest BCUT2D eigenvalue weighted by molar-refractivity contribution is 5.67. The van der Waals surface area contributed by atoms with Gasteiger partial charge in [0.25, 0.3) is 0 Å². The second-order valence-corrected chi connectivity index (χ2v) is 5.55. The zero-order chi connectivity index (χ0) is 16.0. The second-order valence-electron chi connectivity index (χ2n) is 5.55. The molecule has 3 N–H and O–H groups in total. The van der Waals surface area contributed by atoms with E-state index in [0.717, 1.165) is 0 Å². The molecule has 0 aliphatic heterocycles. The Kier molecular flexibility index (Phi) is 5.92. The number of methoxy groups -OCH3 is 1. The SMILES string of the molecule is COc1cncc(C(O)C(O)CNC(=O)OC(C)(C)C)c1. The molecule has 21 heavy (non-hydrogen) atoms. The van der Waals surface area contributed by atoms with E-state index in [1.807, 2.05) is 0 Å². The molecular formula is C14H22N2O5. The summed E-state index contributed by atoms with van der Waals surface area (Å²) in [6.45, 7) is 5.06. The highest BCUT2D eigenvalue weighted by Gasteiger charge is 2.22. The lowest BCUT2D eigenvalue weighted by atomic mass is 10.1. The number of carbonyl (C=O) groups is 1. The Morgan fingerprint density at radius 1 is 1.38 bits per heavy atom. The van der Waals surface area contributed by atoms with E-state index in [2.05, 4.69) is 10.3 Å². The minimum Gasteiger partial charge on any atom is -0.495 e. The van der Waals surface area contributed by atoms with Crippen molar-refractivity contribution in [3.63, 3.8) is 0 Å². The van der Waals surface area contributed by atoms with Crippen LogP contribution in [0.3, 0.4) is 0 Å². The third-order valence-electron chi connectivity index (χ3n) is 2.53. The van der Waals surface area contributed by atoms with Crippen molar-refractivity contribution in [2.24, 2.45) is 0 Å². The molecule has 1 heterocycles. The smallest absolute Gasteiger partial charge is 0.407 e. The molecule has 7 heteroatoms. The van der Waals surface area contributed by atoms with Gasteiger partial charge in [0.15, 0.2) is 0 Å². The van der Waals surface area contributed by atoms with Crippen LogP contribution in [0, 0.1) is 0 Å². The molecule has 0 saturated heterocycles. The molecule has 1 aromatic rings. The molecule has 0 aliphatic carbocycles. The summed E-state index contributed by atoms with van der Waals surface area (Å²) >= 11 is 0. The van der Waals surface area contributed by atoms with Gasteiger partial charge in [-0.3, -0.25) is 4.98 Å². The van der Waals surface area contributed by atoms with Crippen molar-refractivity contribution < 1.29 is 24.5 Å². The number of hydrogen-bond donors (Lipinski definition) is 3. The van der Waals surface area contributed by atoms with Crippen molar-refractivity contribution in [2.75, 3.05) is 13.7 Å².